The molecular weight excluding hydrogens is 534 g/mol. The first-order chi connectivity index (χ1) is 19.4. The normalized spacial score (nSPS) is 17.3. The number of anilines is 1. The molecule has 0 saturated carbocycles. The maximum Gasteiger partial charge on any atom is 0.410 e. The van der Waals surface area contributed by atoms with E-state index in [2.05, 4.69) is 31.9 Å². The van der Waals surface area contributed by atoms with Crippen LogP contribution in [0.15, 0.2) is 12.4 Å². The van der Waals surface area contributed by atoms with Gasteiger partial charge in [0.2, 0.25) is 0 Å². The number of fused-ring (bicyclic) bond motifs is 2. The zero-order valence-electron chi connectivity index (χ0n) is 23.8. The Bertz CT molecular complexity index is 1710. The van der Waals surface area contributed by atoms with Crippen molar-refractivity contribution in [3.8, 4) is 11.8 Å². The Morgan fingerprint density at radius 1 is 1.24 bits per heavy atom. The number of aryl methyl sites for hydroxylation is 2. The summed E-state index contributed by atoms with van der Waals surface area (Å²) in [6.07, 6.45) is 1.34. The first-order valence-corrected chi connectivity index (χ1v) is 13.3. The lowest BCUT2D eigenvalue weighted by Gasteiger charge is -2.28. The van der Waals surface area contributed by atoms with Gasteiger partial charge in [0, 0.05) is 26.3 Å². The van der Waals surface area contributed by atoms with Gasteiger partial charge in [0.15, 0.2) is 11.5 Å². The van der Waals surface area contributed by atoms with Crippen LogP contribution < -0.4 is 5.73 Å². The van der Waals surface area contributed by atoms with E-state index in [9.17, 15) is 4.79 Å². The van der Waals surface area contributed by atoms with Crippen LogP contribution in [-0.4, -0.2) is 72.2 Å². The Hall–Kier alpha value is -4.31. The third kappa shape index (κ3) is 5.15. The van der Waals surface area contributed by atoms with Crippen LogP contribution in [0.5, 0.6) is 0 Å². The van der Waals surface area contributed by atoms with Gasteiger partial charge in [-0.1, -0.05) is 5.92 Å². The van der Waals surface area contributed by atoms with Crippen molar-refractivity contribution in [2.24, 2.45) is 0 Å². The fourth-order valence-electron chi connectivity index (χ4n) is 5.24. The van der Waals surface area contributed by atoms with Crippen LogP contribution in [0.1, 0.15) is 57.2 Å². The number of carbonyl (C=O) groups excluding carboxylic acids is 1. The van der Waals surface area contributed by atoms with Crippen LogP contribution in [-0.2, 0) is 16.0 Å². The molecule has 5 rings (SSSR count). The number of likely N-dealkylation sites (tertiary alicyclic amines) is 1. The first kappa shape index (κ1) is 28.2. The molecule has 41 heavy (non-hydrogen) atoms. The van der Waals surface area contributed by atoms with Gasteiger partial charge < -0.3 is 24.7 Å². The molecule has 4 heterocycles. The number of ether oxygens (including phenoxy) is 2. The summed E-state index contributed by atoms with van der Waals surface area (Å²) in [5.74, 6) is 4.43. The van der Waals surface area contributed by atoms with E-state index in [0.29, 0.717) is 41.9 Å². The number of hydrogen-bond donors (Lipinski definition) is 1. The van der Waals surface area contributed by atoms with Crippen LogP contribution in [0.3, 0.4) is 0 Å². The molecule has 0 spiro atoms. The maximum atomic E-state index is 15.4. The molecule has 0 unspecified atom stereocenters. The van der Waals surface area contributed by atoms with Crippen molar-refractivity contribution in [3.05, 3.63) is 41.1 Å². The number of amides is 1. The molecule has 0 bridgehead atoms. The quantitative estimate of drug-likeness (QED) is 0.368. The molecule has 11 nitrogen and oxygen atoms in total. The Morgan fingerprint density at radius 3 is 2.68 bits per heavy atom. The largest absolute Gasteiger partial charge is 0.444 e. The van der Waals surface area contributed by atoms with E-state index in [1.165, 1.54) is 12.4 Å². The lowest BCUT2D eigenvalue weighted by molar-refractivity contribution is 0.0145. The van der Waals surface area contributed by atoms with E-state index >= 15 is 8.78 Å². The second kappa shape index (κ2) is 10.6. The first-order valence-electron chi connectivity index (χ1n) is 13.3. The van der Waals surface area contributed by atoms with Gasteiger partial charge >= 0.3 is 6.09 Å². The molecule has 1 aromatic carbocycles. The molecule has 0 aliphatic carbocycles. The fourth-order valence-corrected chi connectivity index (χ4v) is 5.24. The van der Waals surface area contributed by atoms with Gasteiger partial charge in [-0.3, -0.25) is 0 Å². The molecule has 1 amide bonds. The highest BCUT2D eigenvalue weighted by molar-refractivity contribution is 5.90. The number of nitrogen functional groups attached to an aromatic ring is 1. The molecule has 4 aromatic rings. The van der Waals surface area contributed by atoms with Crippen LogP contribution in [0.2, 0.25) is 0 Å². The maximum absolute atomic E-state index is 15.4. The molecule has 1 aliphatic rings. The minimum absolute atomic E-state index is 0.0469. The van der Waals surface area contributed by atoms with Gasteiger partial charge in [0.1, 0.15) is 40.6 Å². The predicted molar refractivity (Wildman–Crippen MR) is 148 cm³/mol. The molecule has 1 aliphatic heterocycles. The van der Waals surface area contributed by atoms with Gasteiger partial charge in [0.25, 0.3) is 0 Å². The molecule has 3 aromatic heterocycles. The SMILES string of the molecule is CCn1c(C)nc2c(F)c(C#Cc3nn([C@H]4C[C@H](COC)N(C(=O)OC(C)(C)C)C4)c4ncnc(N)c34)c(F)cc21. The van der Waals surface area contributed by atoms with E-state index < -0.39 is 28.9 Å². The van der Waals surface area contributed by atoms with Gasteiger partial charge in [-0.05, 0) is 47.0 Å². The third-order valence-corrected chi connectivity index (χ3v) is 6.99. The Labute approximate surface area is 235 Å². The lowest BCUT2D eigenvalue weighted by Crippen LogP contribution is -2.41. The summed E-state index contributed by atoms with van der Waals surface area (Å²) in [5.41, 5.74) is 6.05. The Balaban J connectivity index is 1.56. The van der Waals surface area contributed by atoms with Gasteiger partial charge in [-0.25, -0.2) is 33.2 Å². The highest BCUT2D eigenvalue weighted by Gasteiger charge is 2.39. The van der Waals surface area contributed by atoms with Crippen molar-refractivity contribution < 1.29 is 23.0 Å². The van der Waals surface area contributed by atoms with Crippen LogP contribution in [0, 0.1) is 30.4 Å². The van der Waals surface area contributed by atoms with Crippen LogP contribution >= 0.6 is 0 Å². The monoisotopic (exact) mass is 566 g/mol. The summed E-state index contributed by atoms with van der Waals surface area (Å²) in [6.45, 7) is 10.1. The highest BCUT2D eigenvalue weighted by atomic mass is 19.1. The topological polar surface area (TPSA) is 126 Å². The predicted octanol–water partition coefficient (Wildman–Crippen LogP) is 3.96. The second-order valence-electron chi connectivity index (χ2n) is 11.0. The van der Waals surface area contributed by atoms with Gasteiger partial charge in [0.05, 0.1) is 35.2 Å². The minimum Gasteiger partial charge on any atom is -0.444 e. The molecule has 1 fully saturated rings. The Kier molecular flexibility index (Phi) is 7.29. The molecule has 216 valence electrons. The van der Waals surface area contributed by atoms with E-state index in [-0.39, 0.29) is 35.7 Å². The van der Waals surface area contributed by atoms with Crippen molar-refractivity contribution in [1.82, 2.24) is 34.2 Å². The zero-order valence-corrected chi connectivity index (χ0v) is 23.8. The number of imidazole rings is 1. The number of methoxy groups -OCH3 is 1. The van der Waals surface area contributed by atoms with E-state index in [4.69, 9.17) is 15.2 Å². The second-order valence-corrected chi connectivity index (χ2v) is 11.0. The molecule has 2 N–H and O–H groups in total. The molecule has 2 atom stereocenters. The van der Waals surface area contributed by atoms with Crippen molar-refractivity contribution in [3.63, 3.8) is 0 Å². The summed E-state index contributed by atoms with van der Waals surface area (Å²) in [6, 6.07) is 0.648. The summed E-state index contributed by atoms with van der Waals surface area (Å²) >= 11 is 0. The number of halogens is 2. The molecule has 13 heteroatoms. The smallest absolute Gasteiger partial charge is 0.410 e. The average Bonchev–Trinajstić information content (AvgIpc) is 3.57. The van der Waals surface area contributed by atoms with Gasteiger partial charge in [-0.2, -0.15) is 5.10 Å². The van der Waals surface area contributed by atoms with Crippen LogP contribution in [0.4, 0.5) is 19.4 Å². The number of carbonyl (C=O) groups is 1. The summed E-state index contributed by atoms with van der Waals surface area (Å²) in [7, 11) is 1.56. The zero-order chi connectivity index (χ0) is 29.6. The number of aromatic nitrogens is 6. The van der Waals surface area contributed by atoms with E-state index in [0.717, 1.165) is 0 Å². The van der Waals surface area contributed by atoms with Crippen molar-refractivity contribution in [2.45, 2.75) is 65.3 Å². The number of nitrogens with two attached hydrogens (primary N) is 1. The summed E-state index contributed by atoms with van der Waals surface area (Å²) in [4.78, 5) is 27.3. The lowest BCUT2D eigenvalue weighted by atomic mass is 10.1. The summed E-state index contributed by atoms with van der Waals surface area (Å²) in [5, 5.41) is 4.99. The number of rotatable bonds is 4. The molecule has 1 saturated heterocycles. The van der Waals surface area contributed by atoms with Gasteiger partial charge in [-0.15, -0.1) is 0 Å². The van der Waals surface area contributed by atoms with Crippen molar-refractivity contribution in [1.29, 1.82) is 0 Å². The minimum atomic E-state index is -0.845. The third-order valence-electron chi connectivity index (χ3n) is 6.99. The average molecular weight is 567 g/mol. The van der Waals surface area contributed by atoms with Crippen molar-refractivity contribution in [2.75, 3.05) is 26.0 Å². The highest BCUT2D eigenvalue weighted by Crippen LogP contribution is 2.33. The summed E-state index contributed by atoms with van der Waals surface area (Å²) < 4.78 is 44.8. The Morgan fingerprint density at radius 2 is 2.00 bits per heavy atom. The van der Waals surface area contributed by atoms with Crippen LogP contribution in [0.25, 0.3) is 22.1 Å². The van der Waals surface area contributed by atoms with Crippen molar-refractivity contribution >= 4 is 34.0 Å². The molecular formula is C28H32F2N8O3. The molecule has 0 radical (unpaired) electrons. The fraction of sp³-hybridized carbons (Fsp3) is 0.464. The number of nitrogens with zero attached hydrogens (tertiary/aromatic N) is 7. The van der Waals surface area contributed by atoms with E-state index in [1.807, 2.05) is 6.92 Å². The number of hydrogen-bond acceptors (Lipinski definition) is 8. The number of benzene rings is 1. The van der Waals surface area contributed by atoms with E-state index in [1.54, 1.807) is 49.0 Å². The standard InChI is InChI=1S/C28H32F2N8O3/c1-7-36-15(2)34-24-21(36)11-19(29)18(23(24)30)8-9-20-22-25(31)32-14-33-26(22)38(35-20)16-10-17(13-40-6)37(12-16)27(39)41-28(3,4)5/h11,14,16-17H,7,10,12-13H2,1-6H3,(H2,31,32,33)/t16-,17+/m0/s1.